The largest absolute Gasteiger partial charge is 0.478 e. The highest BCUT2D eigenvalue weighted by atomic mass is 31.1. The Labute approximate surface area is 55.0 Å². The van der Waals surface area contributed by atoms with E-state index in [1.807, 2.05) is 0 Å². The van der Waals surface area contributed by atoms with Crippen molar-refractivity contribution < 1.29 is 14.6 Å². The minimum absolute atomic E-state index is 0.708. The molecule has 3 N–H and O–H groups in total. The van der Waals surface area contributed by atoms with Gasteiger partial charge in [0.15, 0.2) is 0 Å². The predicted molar refractivity (Wildman–Crippen MR) is 36.3 cm³/mol. The Hall–Kier alpha value is -0.215. The van der Waals surface area contributed by atoms with E-state index in [4.69, 9.17) is 10.0 Å². The van der Waals surface area contributed by atoms with Crippen LogP contribution in [0.5, 0.6) is 0 Å². The van der Waals surface area contributed by atoms with Gasteiger partial charge in [-0.15, -0.1) is 11.7 Å². The molecule has 0 aliphatic heterocycles. The molecule has 0 aliphatic rings. The molecule has 0 spiro atoms. The molecule has 0 amide bonds. The monoisotopic (exact) mass is 148 g/mol. The van der Waals surface area contributed by atoms with Gasteiger partial charge in [0.25, 0.3) is 0 Å². The van der Waals surface area contributed by atoms with Crippen molar-refractivity contribution in [1.82, 2.24) is 5.09 Å². The molecule has 0 saturated carbocycles. The van der Waals surface area contributed by atoms with E-state index in [2.05, 4.69) is 11.7 Å². The lowest BCUT2D eigenvalue weighted by atomic mass is 9.81. The summed E-state index contributed by atoms with van der Waals surface area (Å²) in [6, 6.07) is 0. The van der Waals surface area contributed by atoms with Crippen molar-refractivity contribution in [2.45, 2.75) is 5.94 Å². The number of hydrogen-bond donors (Lipinski definition) is 3. The highest BCUT2D eigenvalue weighted by Crippen LogP contribution is 1.92. The van der Waals surface area contributed by atoms with Crippen molar-refractivity contribution >= 4 is 15.7 Å². The lowest BCUT2D eigenvalue weighted by Gasteiger charge is -2.01. The fourth-order valence-electron chi connectivity index (χ4n) is 0.323. The first-order valence-electron chi connectivity index (χ1n) is 2.33. The summed E-state index contributed by atoms with van der Waals surface area (Å²) in [5.41, 5.74) is 0. The van der Waals surface area contributed by atoms with Gasteiger partial charge in [0.1, 0.15) is 5.94 Å². The van der Waals surface area contributed by atoms with Gasteiger partial charge in [-0.25, -0.2) is 0 Å². The van der Waals surface area contributed by atoms with Crippen LogP contribution in [0.1, 0.15) is 0 Å². The van der Waals surface area contributed by atoms with E-state index >= 15 is 0 Å². The molecule has 4 nitrogen and oxygen atoms in total. The first-order chi connectivity index (χ1) is 4.22. The molecule has 2 unspecified atom stereocenters. The van der Waals surface area contributed by atoms with Gasteiger partial charge in [0.2, 0.25) is 0 Å². The van der Waals surface area contributed by atoms with E-state index in [0.29, 0.717) is 0 Å². The van der Waals surface area contributed by atoms with Crippen LogP contribution in [0.4, 0.5) is 0 Å². The third kappa shape index (κ3) is 3.38. The molecule has 0 aromatic rings. The number of hydrogen-bond acceptors (Lipinski definition) is 3. The Morgan fingerprint density at radius 1 is 1.78 bits per heavy atom. The second kappa shape index (κ2) is 4.64. The third-order valence-electron chi connectivity index (χ3n) is 0.801. The second-order valence-electron chi connectivity index (χ2n) is 1.42. The highest BCUT2D eigenvalue weighted by molar-refractivity contribution is 7.21. The van der Waals surface area contributed by atoms with Gasteiger partial charge in [0.05, 0.1) is 0 Å². The van der Waals surface area contributed by atoms with E-state index in [1.165, 1.54) is 6.08 Å². The maximum absolute atomic E-state index is 9.85. The molecule has 9 heavy (non-hydrogen) atoms. The third-order valence-corrected chi connectivity index (χ3v) is 1.25. The Bertz CT molecular complexity index is 109. The van der Waals surface area contributed by atoms with Gasteiger partial charge in [-0.05, 0) is 0 Å². The smallest absolute Gasteiger partial charge is 0.426 e. The van der Waals surface area contributed by atoms with E-state index in [0.717, 1.165) is 0 Å². The predicted octanol–water partition coefficient (Wildman–Crippen LogP) is -0.918. The quantitative estimate of drug-likeness (QED) is 0.274. The van der Waals surface area contributed by atoms with Crippen molar-refractivity contribution in [1.29, 1.82) is 0 Å². The first-order valence-corrected chi connectivity index (χ1v) is 3.24. The second-order valence-corrected chi connectivity index (χ2v) is 1.91. The lowest BCUT2D eigenvalue weighted by molar-refractivity contribution is 0.393. The van der Waals surface area contributed by atoms with Crippen molar-refractivity contribution in [2.75, 3.05) is 0 Å². The fraction of sp³-hybridized carbons (Fsp3) is 0.333. The van der Waals surface area contributed by atoms with Crippen LogP contribution in [0, 0.1) is 0 Å². The normalized spacial score (nSPS) is 13.1. The molecule has 0 aromatic heterocycles. The van der Waals surface area contributed by atoms with Crippen molar-refractivity contribution in [2.24, 2.45) is 0 Å². The molecule has 0 bridgehead atoms. The SMILES string of the molecule is C=CC(N[PH+]=O)B(O)O. The zero-order valence-electron chi connectivity index (χ0n) is 4.74. The summed E-state index contributed by atoms with van der Waals surface area (Å²) in [7, 11) is -2.29. The topological polar surface area (TPSA) is 69.6 Å². The van der Waals surface area contributed by atoms with Crippen LogP contribution in [-0.2, 0) is 4.57 Å². The van der Waals surface area contributed by atoms with E-state index in [1.54, 1.807) is 0 Å². The van der Waals surface area contributed by atoms with Crippen molar-refractivity contribution in [3.63, 3.8) is 0 Å². The molecule has 0 fully saturated rings. The molecule has 6 heteroatoms. The highest BCUT2D eigenvalue weighted by Gasteiger charge is 2.21. The molecule has 0 aromatic carbocycles. The van der Waals surface area contributed by atoms with Gasteiger partial charge >= 0.3 is 15.7 Å². The molecule has 0 aliphatic carbocycles. The van der Waals surface area contributed by atoms with E-state index < -0.39 is 21.7 Å². The van der Waals surface area contributed by atoms with Gasteiger partial charge < -0.3 is 10.0 Å². The molecule has 0 saturated heterocycles. The zero-order valence-corrected chi connectivity index (χ0v) is 5.74. The van der Waals surface area contributed by atoms with Crippen LogP contribution < -0.4 is 5.09 Å². The molecular weight excluding hydrogens is 140 g/mol. The minimum atomic E-state index is -1.54. The molecule has 50 valence electrons. The van der Waals surface area contributed by atoms with Crippen LogP contribution in [0.15, 0.2) is 12.7 Å². The molecule has 0 radical (unpaired) electrons. The van der Waals surface area contributed by atoms with Crippen LogP contribution >= 0.6 is 8.61 Å². The van der Waals surface area contributed by atoms with Gasteiger partial charge in [0, 0.05) is 0 Å². The summed E-state index contributed by atoms with van der Waals surface area (Å²) in [4.78, 5) is 0. The maximum atomic E-state index is 9.85. The summed E-state index contributed by atoms with van der Waals surface area (Å²) < 4.78 is 9.85. The zero-order chi connectivity index (χ0) is 7.28. The van der Waals surface area contributed by atoms with Gasteiger partial charge in [-0.2, -0.15) is 0 Å². The first kappa shape index (κ1) is 8.78. The molecular formula is C3H8BNO3P+. The standard InChI is InChI=1S/C3H7BNO3P/c1-2-3(4(6)7)5-9-8/h2-3,6-7H,1H2,(H,5,8)/p+1. The average Bonchev–Trinajstić information content (AvgIpc) is 1.82. The number of rotatable bonds is 4. The Morgan fingerprint density at radius 3 is 2.44 bits per heavy atom. The molecule has 0 heterocycles. The Kier molecular flexibility index (Phi) is 4.53. The van der Waals surface area contributed by atoms with Crippen LogP contribution in [0.2, 0.25) is 0 Å². The van der Waals surface area contributed by atoms with Crippen LogP contribution in [-0.4, -0.2) is 23.1 Å². The summed E-state index contributed by atoms with van der Waals surface area (Å²) >= 11 is 0. The van der Waals surface area contributed by atoms with E-state index in [-0.39, 0.29) is 0 Å². The Balaban J connectivity index is 3.66. The van der Waals surface area contributed by atoms with Crippen LogP contribution in [0.3, 0.4) is 0 Å². The lowest BCUT2D eigenvalue weighted by Crippen LogP contribution is -2.37. The summed E-state index contributed by atoms with van der Waals surface area (Å²) in [5, 5.41) is 19.1. The fourth-order valence-corrected chi connectivity index (χ4v) is 0.726. The van der Waals surface area contributed by atoms with Gasteiger partial charge in [-0.1, -0.05) is 10.6 Å². The van der Waals surface area contributed by atoms with E-state index in [9.17, 15) is 4.57 Å². The minimum Gasteiger partial charge on any atom is -0.426 e. The summed E-state index contributed by atoms with van der Waals surface area (Å²) in [5.74, 6) is -0.708. The Morgan fingerprint density at radius 2 is 2.33 bits per heavy atom. The molecule has 2 atom stereocenters. The average molecular weight is 148 g/mol. The number of nitrogens with one attached hydrogen (secondary N) is 1. The maximum Gasteiger partial charge on any atom is 0.478 e. The van der Waals surface area contributed by atoms with Crippen molar-refractivity contribution in [3.8, 4) is 0 Å². The summed E-state index contributed by atoms with van der Waals surface area (Å²) in [6.45, 7) is 3.28. The van der Waals surface area contributed by atoms with Gasteiger partial charge in [-0.3, -0.25) is 0 Å². The summed E-state index contributed by atoms with van der Waals surface area (Å²) in [6.07, 6.45) is 1.27. The van der Waals surface area contributed by atoms with Crippen molar-refractivity contribution in [3.05, 3.63) is 12.7 Å². The van der Waals surface area contributed by atoms with Crippen LogP contribution in [0.25, 0.3) is 0 Å². The molecule has 0 rings (SSSR count).